The summed E-state index contributed by atoms with van der Waals surface area (Å²) >= 11 is 12.0. The molecule has 0 heterocycles. The fourth-order valence-corrected chi connectivity index (χ4v) is 2.44. The molecular weight excluding hydrogens is 272 g/mol. The van der Waals surface area contributed by atoms with Gasteiger partial charge in [0.15, 0.2) is 0 Å². The van der Waals surface area contributed by atoms with Crippen LogP contribution >= 0.6 is 23.2 Å². The molecule has 1 atom stereocenters. The van der Waals surface area contributed by atoms with Crippen LogP contribution in [0.25, 0.3) is 0 Å². The Morgan fingerprint density at radius 1 is 1.06 bits per heavy atom. The molecule has 0 bridgehead atoms. The first-order chi connectivity index (χ1) is 8.49. The molecule has 1 nitrogen and oxygen atoms in total. The summed E-state index contributed by atoms with van der Waals surface area (Å²) in [4.78, 5) is 0. The molecule has 0 spiro atoms. The van der Waals surface area contributed by atoms with Gasteiger partial charge in [0.05, 0.1) is 6.04 Å². The summed E-state index contributed by atoms with van der Waals surface area (Å²) in [5.41, 5.74) is 8.59. The van der Waals surface area contributed by atoms with Crippen molar-refractivity contribution in [2.75, 3.05) is 0 Å². The monoisotopic (exact) mass is 283 g/mol. The van der Waals surface area contributed by atoms with Crippen molar-refractivity contribution in [3.63, 3.8) is 0 Å². The van der Waals surface area contributed by atoms with Crippen LogP contribution < -0.4 is 5.73 Å². The quantitative estimate of drug-likeness (QED) is 0.864. The smallest absolute Gasteiger partial charge is 0.123 e. The molecule has 0 amide bonds. The van der Waals surface area contributed by atoms with E-state index < -0.39 is 6.04 Å². The number of benzene rings is 2. The highest BCUT2D eigenvalue weighted by Gasteiger charge is 2.15. The second-order valence-corrected chi connectivity index (χ2v) is 4.99. The van der Waals surface area contributed by atoms with Gasteiger partial charge < -0.3 is 5.73 Å². The molecule has 0 aliphatic rings. The van der Waals surface area contributed by atoms with Crippen LogP contribution in [0.4, 0.5) is 4.39 Å². The van der Waals surface area contributed by atoms with Crippen molar-refractivity contribution in [3.8, 4) is 0 Å². The SMILES string of the molecule is Cc1cc(F)ccc1C(N)c1ccc(Cl)cc1Cl. The van der Waals surface area contributed by atoms with Gasteiger partial charge >= 0.3 is 0 Å². The Bertz CT molecular complexity index is 533. The van der Waals surface area contributed by atoms with Crippen molar-refractivity contribution in [3.05, 3.63) is 69.0 Å². The fraction of sp³-hybridized carbons (Fsp3) is 0.143. The topological polar surface area (TPSA) is 26.0 Å². The van der Waals surface area contributed by atoms with Gasteiger partial charge in [0.25, 0.3) is 0 Å². The van der Waals surface area contributed by atoms with Crippen LogP contribution in [0, 0.1) is 12.7 Å². The van der Waals surface area contributed by atoms with E-state index in [-0.39, 0.29) is 5.82 Å². The molecule has 2 aromatic rings. The van der Waals surface area contributed by atoms with Crippen LogP contribution in [0.2, 0.25) is 10.0 Å². The maximum Gasteiger partial charge on any atom is 0.123 e. The second-order valence-electron chi connectivity index (χ2n) is 4.14. The molecule has 1 unspecified atom stereocenters. The molecule has 2 rings (SSSR count). The first-order valence-corrected chi connectivity index (χ1v) is 6.21. The van der Waals surface area contributed by atoms with E-state index in [4.69, 9.17) is 28.9 Å². The Morgan fingerprint density at radius 3 is 2.33 bits per heavy atom. The molecule has 0 aromatic heterocycles. The van der Waals surface area contributed by atoms with Crippen LogP contribution in [0.3, 0.4) is 0 Å². The van der Waals surface area contributed by atoms with Gasteiger partial charge in [-0.05, 0) is 47.9 Å². The van der Waals surface area contributed by atoms with Crippen LogP contribution in [-0.4, -0.2) is 0 Å². The molecule has 2 N–H and O–H groups in total. The standard InChI is InChI=1S/C14H12Cl2FN/c1-8-6-10(17)3-5-11(8)14(18)12-4-2-9(15)7-13(12)16/h2-7,14H,18H2,1H3. The van der Waals surface area contributed by atoms with Crippen LogP contribution in [0.5, 0.6) is 0 Å². The van der Waals surface area contributed by atoms with Crippen molar-refractivity contribution in [2.24, 2.45) is 5.73 Å². The lowest BCUT2D eigenvalue weighted by atomic mass is 9.96. The first-order valence-electron chi connectivity index (χ1n) is 5.45. The average molecular weight is 284 g/mol. The molecule has 94 valence electrons. The fourth-order valence-electron chi connectivity index (χ4n) is 1.91. The van der Waals surface area contributed by atoms with Crippen molar-refractivity contribution in [2.45, 2.75) is 13.0 Å². The highest BCUT2D eigenvalue weighted by molar-refractivity contribution is 6.35. The highest BCUT2D eigenvalue weighted by Crippen LogP contribution is 2.30. The summed E-state index contributed by atoms with van der Waals surface area (Å²) in [5, 5.41) is 1.07. The summed E-state index contributed by atoms with van der Waals surface area (Å²) in [6.07, 6.45) is 0. The minimum absolute atomic E-state index is 0.273. The molecule has 2 aromatic carbocycles. The summed E-state index contributed by atoms with van der Waals surface area (Å²) < 4.78 is 13.1. The lowest BCUT2D eigenvalue weighted by Crippen LogP contribution is -2.13. The number of hydrogen-bond donors (Lipinski definition) is 1. The molecule has 0 aliphatic heterocycles. The zero-order chi connectivity index (χ0) is 13.3. The van der Waals surface area contributed by atoms with E-state index in [0.717, 1.165) is 16.7 Å². The molecule has 0 saturated heterocycles. The molecule has 0 fully saturated rings. The normalized spacial score (nSPS) is 12.5. The largest absolute Gasteiger partial charge is 0.320 e. The van der Waals surface area contributed by atoms with Gasteiger partial charge in [-0.15, -0.1) is 0 Å². The maximum absolute atomic E-state index is 13.1. The number of nitrogens with two attached hydrogens (primary N) is 1. The van der Waals surface area contributed by atoms with Gasteiger partial charge in [0.2, 0.25) is 0 Å². The summed E-state index contributed by atoms with van der Waals surface area (Å²) in [7, 11) is 0. The number of aryl methyl sites for hydroxylation is 1. The van der Waals surface area contributed by atoms with Crippen LogP contribution in [-0.2, 0) is 0 Å². The zero-order valence-electron chi connectivity index (χ0n) is 9.75. The third-order valence-corrected chi connectivity index (χ3v) is 3.43. The number of rotatable bonds is 2. The van der Waals surface area contributed by atoms with Gasteiger partial charge in [-0.3, -0.25) is 0 Å². The average Bonchev–Trinajstić information content (AvgIpc) is 2.28. The van der Waals surface area contributed by atoms with Gasteiger partial charge in [0, 0.05) is 10.0 Å². The van der Waals surface area contributed by atoms with Crippen molar-refractivity contribution < 1.29 is 4.39 Å². The van der Waals surface area contributed by atoms with E-state index in [2.05, 4.69) is 0 Å². The number of hydrogen-bond acceptors (Lipinski definition) is 1. The van der Waals surface area contributed by atoms with Crippen LogP contribution in [0.1, 0.15) is 22.7 Å². The Hall–Kier alpha value is -1.09. The summed E-state index contributed by atoms with van der Waals surface area (Å²) in [6, 6.07) is 9.32. The molecule has 18 heavy (non-hydrogen) atoms. The lowest BCUT2D eigenvalue weighted by molar-refractivity contribution is 0.624. The van der Waals surface area contributed by atoms with E-state index in [0.29, 0.717) is 10.0 Å². The van der Waals surface area contributed by atoms with Crippen molar-refractivity contribution >= 4 is 23.2 Å². The van der Waals surface area contributed by atoms with E-state index in [1.807, 2.05) is 6.92 Å². The van der Waals surface area contributed by atoms with E-state index in [9.17, 15) is 4.39 Å². The molecular formula is C14H12Cl2FN. The van der Waals surface area contributed by atoms with E-state index in [1.54, 1.807) is 24.3 Å². The van der Waals surface area contributed by atoms with E-state index in [1.165, 1.54) is 12.1 Å². The van der Waals surface area contributed by atoms with Gasteiger partial charge in [-0.25, -0.2) is 4.39 Å². The van der Waals surface area contributed by atoms with Gasteiger partial charge in [-0.1, -0.05) is 35.3 Å². The Morgan fingerprint density at radius 2 is 1.72 bits per heavy atom. The third-order valence-electron chi connectivity index (χ3n) is 2.86. The Labute approximate surface area is 115 Å². The minimum Gasteiger partial charge on any atom is -0.320 e. The van der Waals surface area contributed by atoms with Gasteiger partial charge in [0.1, 0.15) is 5.82 Å². The third kappa shape index (κ3) is 2.66. The first kappa shape index (κ1) is 13.3. The summed E-state index contributed by atoms with van der Waals surface area (Å²) in [5.74, 6) is -0.273. The molecule has 4 heteroatoms. The zero-order valence-corrected chi connectivity index (χ0v) is 11.3. The molecule has 0 radical (unpaired) electrons. The summed E-state index contributed by atoms with van der Waals surface area (Å²) in [6.45, 7) is 1.82. The Balaban J connectivity index is 2.44. The second kappa shape index (κ2) is 5.27. The highest BCUT2D eigenvalue weighted by atomic mass is 35.5. The predicted molar refractivity (Wildman–Crippen MR) is 73.6 cm³/mol. The van der Waals surface area contributed by atoms with Crippen molar-refractivity contribution in [1.29, 1.82) is 0 Å². The maximum atomic E-state index is 13.1. The lowest BCUT2D eigenvalue weighted by Gasteiger charge is -2.16. The predicted octanol–water partition coefficient (Wildman–Crippen LogP) is 4.49. The van der Waals surface area contributed by atoms with Crippen LogP contribution in [0.15, 0.2) is 36.4 Å². The number of halogens is 3. The Kier molecular flexibility index (Phi) is 3.91. The van der Waals surface area contributed by atoms with Gasteiger partial charge in [-0.2, -0.15) is 0 Å². The van der Waals surface area contributed by atoms with Crippen molar-refractivity contribution in [1.82, 2.24) is 0 Å². The minimum atomic E-state index is -0.393. The molecule has 0 saturated carbocycles. The van der Waals surface area contributed by atoms with E-state index >= 15 is 0 Å². The molecule has 0 aliphatic carbocycles.